The van der Waals surface area contributed by atoms with E-state index in [-0.39, 0.29) is 12.7 Å². The molecule has 0 bridgehead atoms. The van der Waals surface area contributed by atoms with Crippen LogP contribution in [0.3, 0.4) is 0 Å². The van der Waals surface area contributed by atoms with E-state index in [1.54, 1.807) is 36.6 Å². The zero-order valence-electron chi connectivity index (χ0n) is 8.74. The Labute approximate surface area is 93.8 Å². The zero-order valence-corrected chi connectivity index (χ0v) is 8.74. The van der Waals surface area contributed by atoms with Crippen LogP contribution in [0.4, 0.5) is 0 Å². The average molecular weight is 222 g/mol. The Morgan fingerprint density at radius 3 is 2.38 bits per heavy atom. The molecule has 0 saturated carbocycles. The highest BCUT2D eigenvalue weighted by atomic mass is 16.5. The Bertz CT molecular complexity index is 337. The van der Waals surface area contributed by atoms with E-state index in [1.165, 1.54) is 0 Å². The molecule has 86 valence electrons. The largest absolute Gasteiger partial charge is 0.496 e. The Balaban J connectivity index is 0.000000165. The van der Waals surface area contributed by atoms with Crippen LogP contribution in [0.2, 0.25) is 0 Å². The van der Waals surface area contributed by atoms with Gasteiger partial charge in [-0.1, -0.05) is 18.2 Å². The SMILES string of the molecule is O=C(O)c1ccccc1.OCC1CC=CO1. The molecule has 4 heteroatoms. The highest BCUT2D eigenvalue weighted by Gasteiger charge is 2.07. The lowest BCUT2D eigenvalue weighted by molar-refractivity contribution is 0.0697. The molecule has 1 aliphatic rings. The second-order valence-corrected chi connectivity index (χ2v) is 3.22. The van der Waals surface area contributed by atoms with Crippen molar-refractivity contribution in [2.75, 3.05) is 6.61 Å². The number of aliphatic hydroxyl groups is 1. The first kappa shape index (κ1) is 12.3. The molecule has 0 fully saturated rings. The van der Waals surface area contributed by atoms with E-state index in [0.29, 0.717) is 5.56 Å². The monoisotopic (exact) mass is 222 g/mol. The van der Waals surface area contributed by atoms with Crippen molar-refractivity contribution in [3.63, 3.8) is 0 Å². The number of carboxylic acid groups (broad SMARTS) is 1. The summed E-state index contributed by atoms with van der Waals surface area (Å²) in [6, 6.07) is 8.30. The van der Waals surface area contributed by atoms with Crippen molar-refractivity contribution in [1.82, 2.24) is 0 Å². The van der Waals surface area contributed by atoms with Gasteiger partial charge >= 0.3 is 5.97 Å². The van der Waals surface area contributed by atoms with Crippen LogP contribution < -0.4 is 0 Å². The van der Waals surface area contributed by atoms with Gasteiger partial charge in [0.2, 0.25) is 0 Å². The summed E-state index contributed by atoms with van der Waals surface area (Å²) in [5, 5.41) is 16.8. The molecule has 1 aliphatic heterocycles. The number of hydrogen-bond acceptors (Lipinski definition) is 3. The lowest BCUT2D eigenvalue weighted by Crippen LogP contribution is -2.08. The van der Waals surface area contributed by atoms with Crippen LogP contribution in [-0.4, -0.2) is 28.9 Å². The lowest BCUT2D eigenvalue weighted by atomic mass is 10.2. The van der Waals surface area contributed by atoms with Crippen molar-refractivity contribution in [2.45, 2.75) is 12.5 Å². The first-order chi connectivity index (χ1) is 7.74. The average Bonchev–Trinajstić information content (AvgIpc) is 2.84. The van der Waals surface area contributed by atoms with Crippen molar-refractivity contribution >= 4 is 5.97 Å². The van der Waals surface area contributed by atoms with Gasteiger partial charge in [0.15, 0.2) is 0 Å². The van der Waals surface area contributed by atoms with E-state index < -0.39 is 5.97 Å². The van der Waals surface area contributed by atoms with Gasteiger partial charge in [-0.05, 0) is 18.2 Å². The highest BCUT2D eigenvalue weighted by Crippen LogP contribution is 2.06. The molecule has 0 aromatic heterocycles. The smallest absolute Gasteiger partial charge is 0.335 e. The Morgan fingerprint density at radius 2 is 2.06 bits per heavy atom. The molecule has 0 spiro atoms. The molecule has 2 rings (SSSR count). The van der Waals surface area contributed by atoms with Crippen molar-refractivity contribution in [2.24, 2.45) is 0 Å². The molecular weight excluding hydrogens is 208 g/mol. The highest BCUT2D eigenvalue weighted by molar-refractivity contribution is 5.87. The maximum atomic E-state index is 10.2. The number of benzene rings is 1. The summed E-state index contributed by atoms with van der Waals surface area (Å²) in [5.41, 5.74) is 0.331. The van der Waals surface area contributed by atoms with Gasteiger partial charge in [0, 0.05) is 6.42 Å². The third-order valence-corrected chi connectivity index (χ3v) is 1.99. The van der Waals surface area contributed by atoms with Gasteiger partial charge in [-0.25, -0.2) is 4.79 Å². The number of rotatable bonds is 2. The predicted octanol–water partition coefficient (Wildman–Crippen LogP) is 1.67. The zero-order chi connectivity index (χ0) is 11.8. The Hall–Kier alpha value is -1.81. The van der Waals surface area contributed by atoms with Gasteiger partial charge < -0.3 is 14.9 Å². The first-order valence-corrected chi connectivity index (χ1v) is 4.93. The third kappa shape index (κ3) is 4.14. The van der Waals surface area contributed by atoms with Crippen molar-refractivity contribution in [1.29, 1.82) is 0 Å². The minimum absolute atomic E-state index is 0.0417. The molecular formula is C12H14O4. The summed E-state index contributed by atoms with van der Waals surface area (Å²) < 4.78 is 4.87. The molecule has 0 saturated heterocycles. The van der Waals surface area contributed by atoms with Crippen LogP contribution in [-0.2, 0) is 4.74 Å². The van der Waals surface area contributed by atoms with Crippen LogP contribution in [0.15, 0.2) is 42.7 Å². The van der Waals surface area contributed by atoms with E-state index >= 15 is 0 Å². The summed E-state index contributed by atoms with van der Waals surface area (Å²) in [4.78, 5) is 10.2. The van der Waals surface area contributed by atoms with Gasteiger partial charge in [0.25, 0.3) is 0 Å². The maximum absolute atomic E-state index is 10.2. The molecule has 1 aromatic carbocycles. The van der Waals surface area contributed by atoms with Gasteiger partial charge in [0.05, 0.1) is 18.4 Å². The lowest BCUT2D eigenvalue weighted by Gasteiger charge is -2.02. The predicted molar refractivity (Wildman–Crippen MR) is 59.1 cm³/mol. The van der Waals surface area contributed by atoms with Crippen molar-refractivity contribution < 1.29 is 19.7 Å². The van der Waals surface area contributed by atoms with E-state index in [9.17, 15) is 4.79 Å². The Morgan fingerprint density at radius 1 is 1.38 bits per heavy atom. The molecule has 0 amide bonds. The Kier molecular flexibility index (Phi) is 5.08. The quantitative estimate of drug-likeness (QED) is 0.798. The van der Waals surface area contributed by atoms with Crippen molar-refractivity contribution in [3.8, 4) is 0 Å². The normalized spacial score (nSPS) is 17.2. The standard InChI is InChI=1S/C7H6O2.C5H8O2/c8-7(9)6-4-2-1-3-5-6;6-4-5-2-1-3-7-5/h1-5H,(H,8,9);1,3,5-6H,2,4H2. The van der Waals surface area contributed by atoms with Gasteiger partial charge in [-0.15, -0.1) is 0 Å². The topological polar surface area (TPSA) is 66.8 Å². The fraction of sp³-hybridized carbons (Fsp3) is 0.250. The number of carbonyl (C=O) groups is 1. The van der Waals surface area contributed by atoms with E-state index in [0.717, 1.165) is 6.42 Å². The summed E-state index contributed by atoms with van der Waals surface area (Å²) in [5.74, 6) is -0.879. The summed E-state index contributed by atoms with van der Waals surface area (Å²) in [6.07, 6.45) is 4.43. The summed E-state index contributed by atoms with van der Waals surface area (Å²) in [7, 11) is 0. The number of ether oxygens (including phenoxy) is 1. The maximum Gasteiger partial charge on any atom is 0.335 e. The molecule has 1 aromatic rings. The molecule has 2 N–H and O–H groups in total. The summed E-state index contributed by atoms with van der Waals surface area (Å²) >= 11 is 0. The van der Waals surface area contributed by atoms with Crippen LogP contribution in [0, 0.1) is 0 Å². The minimum Gasteiger partial charge on any atom is -0.496 e. The molecule has 1 heterocycles. The third-order valence-electron chi connectivity index (χ3n) is 1.99. The fourth-order valence-electron chi connectivity index (χ4n) is 1.13. The molecule has 0 radical (unpaired) electrons. The van der Waals surface area contributed by atoms with Gasteiger partial charge in [0.1, 0.15) is 6.10 Å². The molecule has 1 unspecified atom stereocenters. The van der Waals surface area contributed by atoms with E-state index in [4.69, 9.17) is 14.9 Å². The van der Waals surface area contributed by atoms with Gasteiger partial charge in [-0.3, -0.25) is 0 Å². The van der Waals surface area contributed by atoms with Crippen LogP contribution in [0.1, 0.15) is 16.8 Å². The van der Waals surface area contributed by atoms with Crippen LogP contribution >= 0.6 is 0 Å². The van der Waals surface area contributed by atoms with Crippen LogP contribution in [0.5, 0.6) is 0 Å². The number of aromatic carboxylic acids is 1. The van der Waals surface area contributed by atoms with Crippen molar-refractivity contribution in [3.05, 3.63) is 48.2 Å². The molecule has 0 aliphatic carbocycles. The van der Waals surface area contributed by atoms with E-state index in [2.05, 4.69) is 0 Å². The molecule has 4 nitrogen and oxygen atoms in total. The second kappa shape index (κ2) is 6.63. The minimum atomic E-state index is -0.879. The summed E-state index contributed by atoms with van der Waals surface area (Å²) in [6.45, 7) is 0.132. The number of carboxylic acids is 1. The molecule has 16 heavy (non-hydrogen) atoms. The first-order valence-electron chi connectivity index (χ1n) is 4.93. The number of hydrogen-bond donors (Lipinski definition) is 2. The second-order valence-electron chi connectivity index (χ2n) is 3.22. The van der Waals surface area contributed by atoms with Gasteiger partial charge in [-0.2, -0.15) is 0 Å². The number of aliphatic hydroxyl groups excluding tert-OH is 1. The fourth-order valence-corrected chi connectivity index (χ4v) is 1.13. The van der Waals surface area contributed by atoms with E-state index in [1.807, 2.05) is 6.08 Å². The molecule has 1 atom stereocenters. The van der Waals surface area contributed by atoms with Crippen LogP contribution in [0.25, 0.3) is 0 Å².